The molecule has 1 aromatic carbocycles. The van der Waals surface area contributed by atoms with Gasteiger partial charge in [-0.15, -0.1) is 0 Å². The molecular weight excluding hydrogens is 256 g/mol. The summed E-state index contributed by atoms with van der Waals surface area (Å²) in [6.07, 6.45) is 0. The number of carboxylic acid groups (broad SMARTS) is 1. The Labute approximate surface area is 101 Å². The molecule has 7 heteroatoms. The molecule has 0 fully saturated rings. The maximum Gasteiger partial charge on any atom is 0.328 e. The smallest absolute Gasteiger partial charge is 0.328 e. The van der Waals surface area contributed by atoms with Crippen molar-refractivity contribution in [3.63, 3.8) is 0 Å². The minimum Gasteiger partial charge on any atom is -0.480 e. The molecule has 0 amide bonds. The van der Waals surface area contributed by atoms with Crippen LogP contribution in [0.25, 0.3) is 0 Å². The Morgan fingerprint density at radius 3 is 2.71 bits per heavy atom. The fraction of sp³-hybridized carbons (Fsp3) is 0.300. The average Bonchev–Trinajstić information content (AvgIpc) is 2.21. The van der Waals surface area contributed by atoms with E-state index in [2.05, 4.69) is 10.1 Å². The van der Waals surface area contributed by atoms with Gasteiger partial charge in [-0.2, -0.15) is 0 Å². The highest BCUT2D eigenvalue weighted by molar-refractivity contribution is 6.33. The van der Waals surface area contributed by atoms with Crippen LogP contribution in [0.3, 0.4) is 0 Å². The minimum atomic E-state index is -1.23. The second-order valence-corrected chi connectivity index (χ2v) is 3.64. The van der Waals surface area contributed by atoms with Gasteiger partial charge in [0.1, 0.15) is 11.9 Å². The zero-order chi connectivity index (χ0) is 13.0. The Bertz CT molecular complexity index is 405. The zero-order valence-electron chi connectivity index (χ0n) is 8.84. The molecule has 1 atom stereocenters. The van der Waals surface area contributed by atoms with Gasteiger partial charge in [0, 0.05) is 13.2 Å². The first kappa shape index (κ1) is 13.7. The summed E-state index contributed by atoms with van der Waals surface area (Å²) in [5, 5.41) is 10.9. The molecule has 0 radical (unpaired) electrons. The number of hydrogen-bond acceptors (Lipinski definition) is 3. The predicted octanol–water partition coefficient (Wildman–Crippen LogP) is 2.13. The van der Waals surface area contributed by atoms with E-state index < -0.39 is 23.6 Å². The van der Waals surface area contributed by atoms with Gasteiger partial charge in [-0.3, -0.25) is 0 Å². The van der Waals surface area contributed by atoms with Crippen molar-refractivity contribution in [2.75, 3.05) is 19.0 Å². The van der Waals surface area contributed by atoms with Crippen LogP contribution in [0.15, 0.2) is 12.1 Å². The number of rotatable bonds is 5. The topological polar surface area (TPSA) is 58.6 Å². The Kier molecular flexibility index (Phi) is 4.65. The highest BCUT2D eigenvalue weighted by Crippen LogP contribution is 2.27. The van der Waals surface area contributed by atoms with Crippen LogP contribution >= 0.6 is 11.6 Å². The number of anilines is 1. The van der Waals surface area contributed by atoms with Crippen LogP contribution in [0.4, 0.5) is 14.5 Å². The minimum absolute atomic E-state index is 0.178. The molecule has 4 nitrogen and oxygen atoms in total. The average molecular weight is 266 g/mol. The van der Waals surface area contributed by atoms with E-state index in [1.54, 1.807) is 0 Å². The summed E-state index contributed by atoms with van der Waals surface area (Å²) >= 11 is 5.61. The molecule has 0 aliphatic rings. The number of nitrogens with one attached hydrogen (secondary N) is 1. The Hall–Kier alpha value is -1.40. The van der Waals surface area contributed by atoms with E-state index in [9.17, 15) is 13.6 Å². The molecule has 0 saturated heterocycles. The first-order valence-corrected chi connectivity index (χ1v) is 4.96. The lowest BCUT2D eigenvalue weighted by Crippen LogP contribution is -2.34. The van der Waals surface area contributed by atoms with Gasteiger partial charge < -0.3 is 15.2 Å². The number of benzene rings is 1. The Morgan fingerprint density at radius 2 is 2.24 bits per heavy atom. The summed E-state index contributed by atoms with van der Waals surface area (Å²) in [4.78, 5) is 10.8. The fourth-order valence-electron chi connectivity index (χ4n) is 1.20. The van der Waals surface area contributed by atoms with Crippen LogP contribution in [0.5, 0.6) is 0 Å². The highest BCUT2D eigenvalue weighted by atomic mass is 35.5. The normalized spacial score (nSPS) is 12.2. The van der Waals surface area contributed by atoms with E-state index in [0.29, 0.717) is 6.07 Å². The summed E-state index contributed by atoms with van der Waals surface area (Å²) in [6, 6.07) is 0.330. The summed E-state index contributed by atoms with van der Waals surface area (Å²) in [7, 11) is 1.31. The second-order valence-electron chi connectivity index (χ2n) is 3.23. The van der Waals surface area contributed by atoms with Crippen LogP contribution in [0.1, 0.15) is 0 Å². The van der Waals surface area contributed by atoms with Crippen molar-refractivity contribution in [2.24, 2.45) is 0 Å². The highest BCUT2D eigenvalue weighted by Gasteiger charge is 2.20. The third kappa shape index (κ3) is 3.54. The van der Waals surface area contributed by atoms with Crippen LogP contribution in [0, 0.1) is 11.6 Å². The van der Waals surface area contributed by atoms with E-state index in [0.717, 1.165) is 6.07 Å². The molecule has 1 rings (SSSR count). The van der Waals surface area contributed by atoms with Gasteiger partial charge in [0.25, 0.3) is 0 Å². The van der Waals surface area contributed by atoms with Crippen molar-refractivity contribution >= 4 is 23.3 Å². The number of ether oxygens (including phenoxy) is 1. The standard InChI is InChI=1S/C10H10ClF2NO3/c1-17-4-8(10(15)16)14-9-6(11)2-5(12)3-7(9)13/h2-3,8,14H,4H2,1H3,(H,15,16). The van der Waals surface area contributed by atoms with Crippen molar-refractivity contribution in [3.8, 4) is 0 Å². The number of hydrogen-bond donors (Lipinski definition) is 2. The molecule has 0 spiro atoms. The lowest BCUT2D eigenvalue weighted by Gasteiger charge is -2.16. The zero-order valence-corrected chi connectivity index (χ0v) is 9.59. The third-order valence-corrected chi connectivity index (χ3v) is 2.25. The van der Waals surface area contributed by atoms with Crippen molar-refractivity contribution in [1.29, 1.82) is 0 Å². The summed E-state index contributed by atoms with van der Waals surface area (Å²) in [6.45, 7) is -0.178. The van der Waals surface area contributed by atoms with E-state index in [1.165, 1.54) is 7.11 Å². The molecule has 0 aliphatic heterocycles. The summed E-state index contributed by atoms with van der Waals surface area (Å²) in [5.74, 6) is -3.03. The number of carboxylic acids is 1. The summed E-state index contributed by atoms with van der Waals surface area (Å²) in [5.41, 5.74) is -0.266. The summed E-state index contributed by atoms with van der Waals surface area (Å²) < 4.78 is 30.8. The Balaban J connectivity index is 2.97. The molecule has 0 aliphatic carbocycles. The van der Waals surface area contributed by atoms with Gasteiger partial charge >= 0.3 is 5.97 Å². The van der Waals surface area contributed by atoms with Gasteiger partial charge in [-0.05, 0) is 6.07 Å². The predicted molar refractivity (Wildman–Crippen MR) is 58.3 cm³/mol. The molecular formula is C10H10ClF2NO3. The van der Waals surface area contributed by atoms with Gasteiger partial charge in [-0.1, -0.05) is 11.6 Å². The van der Waals surface area contributed by atoms with Gasteiger partial charge in [0.2, 0.25) is 0 Å². The van der Waals surface area contributed by atoms with Gasteiger partial charge in [-0.25, -0.2) is 13.6 Å². The lowest BCUT2D eigenvalue weighted by molar-refractivity contribution is -0.139. The Morgan fingerprint density at radius 1 is 1.59 bits per heavy atom. The van der Waals surface area contributed by atoms with E-state index >= 15 is 0 Å². The van der Waals surface area contributed by atoms with Crippen LogP contribution in [-0.4, -0.2) is 30.8 Å². The van der Waals surface area contributed by atoms with E-state index in [1.807, 2.05) is 0 Å². The van der Waals surface area contributed by atoms with Crippen molar-refractivity contribution < 1.29 is 23.4 Å². The van der Waals surface area contributed by atoms with Crippen LogP contribution < -0.4 is 5.32 Å². The van der Waals surface area contributed by atoms with E-state index in [4.69, 9.17) is 16.7 Å². The monoisotopic (exact) mass is 265 g/mol. The SMILES string of the molecule is COCC(Nc1c(F)cc(F)cc1Cl)C(=O)O. The fourth-order valence-corrected chi connectivity index (χ4v) is 1.44. The first-order valence-electron chi connectivity index (χ1n) is 4.58. The van der Waals surface area contributed by atoms with Gasteiger partial charge in [0.15, 0.2) is 5.82 Å². The number of aliphatic carboxylic acids is 1. The maximum absolute atomic E-state index is 13.4. The van der Waals surface area contributed by atoms with Crippen molar-refractivity contribution in [1.82, 2.24) is 0 Å². The maximum atomic E-state index is 13.4. The number of methoxy groups -OCH3 is 1. The van der Waals surface area contributed by atoms with Gasteiger partial charge in [0.05, 0.1) is 17.3 Å². The lowest BCUT2D eigenvalue weighted by atomic mass is 10.2. The molecule has 0 heterocycles. The second kappa shape index (κ2) is 5.79. The number of halogens is 3. The van der Waals surface area contributed by atoms with Crippen molar-refractivity contribution in [3.05, 3.63) is 28.8 Å². The first-order chi connectivity index (χ1) is 7.95. The van der Waals surface area contributed by atoms with Crippen LogP contribution in [0.2, 0.25) is 5.02 Å². The molecule has 94 valence electrons. The van der Waals surface area contributed by atoms with E-state index in [-0.39, 0.29) is 17.3 Å². The molecule has 0 aromatic heterocycles. The largest absolute Gasteiger partial charge is 0.480 e. The molecule has 1 unspecified atom stereocenters. The van der Waals surface area contributed by atoms with Crippen LogP contribution in [-0.2, 0) is 9.53 Å². The van der Waals surface area contributed by atoms with Crippen molar-refractivity contribution in [2.45, 2.75) is 6.04 Å². The molecule has 1 aromatic rings. The quantitative estimate of drug-likeness (QED) is 0.856. The molecule has 2 N–H and O–H groups in total. The molecule has 17 heavy (non-hydrogen) atoms. The molecule has 0 bridgehead atoms. The third-order valence-electron chi connectivity index (χ3n) is 1.96. The number of carbonyl (C=O) groups is 1. The molecule has 0 saturated carbocycles.